The second-order valence-electron chi connectivity index (χ2n) is 8.28. The minimum Gasteiger partial charge on any atom is -0.467 e. The third-order valence-corrected chi connectivity index (χ3v) is 7.27. The lowest BCUT2D eigenvalue weighted by molar-refractivity contribution is -0.131. The van der Waals surface area contributed by atoms with Crippen LogP contribution >= 0.6 is 23.2 Å². The fraction of sp³-hybridized carbons (Fsp3) is 0.579. The van der Waals surface area contributed by atoms with Gasteiger partial charge in [0, 0.05) is 52.1 Å². The van der Waals surface area contributed by atoms with Crippen molar-refractivity contribution < 1.29 is 24.3 Å². The molecule has 1 aliphatic rings. The van der Waals surface area contributed by atoms with E-state index in [-0.39, 0.29) is 38.0 Å². The first-order valence-corrected chi connectivity index (χ1v) is 14.0. The first-order chi connectivity index (χ1) is 13.6. The highest BCUT2D eigenvalue weighted by Crippen LogP contribution is 2.42. The van der Waals surface area contributed by atoms with Gasteiger partial charge in [0.1, 0.15) is 5.75 Å². The molecule has 2 amide bonds. The Balaban J connectivity index is 2.04. The van der Waals surface area contributed by atoms with E-state index in [2.05, 4.69) is 19.6 Å². The van der Waals surface area contributed by atoms with Crippen molar-refractivity contribution in [2.24, 2.45) is 0 Å². The Hall–Kier alpha value is -1.32. The van der Waals surface area contributed by atoms with E-state index in [1.165, 1.54) is 0 Å². The average molecular weight is 463 g/mol. The molecule has 0 bridgehead atoms. The lowest BCUT2D eigenvalue weighted by Crippen LogP contribution is -2.30. The van der Waals surface area contributed by atoms with E-state index in [1.807, 2.05) is 0 Å². The molecule has 162 valence electrons. The molecule has 1 atom stereocenters. The quantitative estimate of drug-likeness (QED) is 0.181. The van der Waals surface area contributed by atoms with Crippen LogP contribution in [0.2, 0.25) is 35.7 Å². The number of hydroxylamine groups is 1. The predicted octanol–water partition coefficient (Wildman–Crippen LogP) is 3.90. The Kier molecular flexibility index (Phi) is 8.78. The number of halogens is 2. The van der Waals surface area contributed by atoms with Crippen LogP contribution < -0.4 is 10.2 Å². The molecule has 1 heterocycles. The van der Waals surface area contributed by atoms with Gasteiger partial charge >= 0.3 is 0 Å². The standard InChI is InChI=1S/C19H28Cl2N2O5Si/c1-29(2,3)9-8-27-12-28-15-5-4-14(20)19(21)18(15)13-10-17(25)23(11-13)7-6-16(24)22-26/h4-5,13,26H,6-12H2,1-3H3,(H,22,24). The summed E-state index contributed by atoms with van der Waals surface area (Å²) in [5.74, 6) is -0.293. The third kappa shape index (κ3) is 7.15. The van der Waals surface area contributed by atoms with Crippen LogP contribution in [-0.4, -0.2) is 56.5 Å². The molecule has 7 nitrogen and oxygen atoms in total. The fourth-order valence-electron chi connectivity index (χ4n) is 3.07. The van der Waals surface area contributed by atoms with E-state index >= 15 is 0 Å². The predicted molar refractivity (Wildman–Crippen MR) is 115 cm³/mol. The summed E-state index contributed by atoms with van der Waals surface area (Å²) in [6.45, 7) is 8.18. The van der Waals surface area contributed by atoms with Gasteiger partial charge in [-0.05, 0) is 18.2 Å². The zero-order valence-corrected chi connectivity index (χ0v) is 19.5. The van der Waals surface area contributed by atoms with Crippen molar-refractivity contribution in [3.8, 4) is 5.75 Å². The highest BCUT2D eigenvalue weighted by atomic mass is 35.5. The summed E-state index contributed by atoms with van der Waals surface area (Å²) >= 11 is 12.6. The van der Waals surface area contributed by atoms with Crippen molar-refractivity contribution in [2.75, 3.05) is 26.5 Å². The van der Waals surface area contributed by atoms with Crippen LogP contribution in [0.25, 0.3) is 0 Å². The fourth-order valence-corrected chi connectivity index (χ4v) is 4.30. The van der Waals surface area contributed by atoms with E-state index < -0.39 is 14.0 Å². The maximum absolute atomic E-state index is 12.4. The number of nitrogens with zero attached hydrogens (tertiary/aromatic N) is 1. The van der Waals surface area contributed by atoms with Gasteiger partial charge < -0.3 is 14.4 Å². The molecule has 0 aliphatic carbocycles. The van der Waals surface area contributed by atoms with Crippen LogP contribution in [0, 0.1) is 0 Å². The van der Waals surface area contributed by atoms with Crippen LogP contribution in [0.1, 0.15) is 24.3 Å². The summed E-state index contributed by atoms with van der Waals surface area (Å²) in [6, 6.07) is 4.43. The van der Waals surface area contributed by atoms with Crippen molar-refractivity contribution in [2.45, 2.75) is 44.4 Å². The molecular weight excluding hydrogens is 435 g/mol. The number of hydrogen-bond acceptors (Lipinski definition) is 5. The van der Waals surface area contributed by atoms with Crippen LogP contribution in [0.3, 0.4) is 0 Å². The zero-order chi connectivity index (χ0) is 21.6. The highest BCUT2D eigenvalue weighted by molar-refractivity contribution is 6.76. The number of hydrogen-bond donors (Lipinski definition) is 2. The largest absolute Gasteiger partial charge is 0.467 e. The first-order valence-electron chi connectivity index (χ1n) is 9.51. The Labute approximate surface area is 182 Å². The third-order valence-electron chi connectivity index (χ3n) is 4.74. The van der Waals surface area contributed by atoms with Gasteiger partial charge in [-0.2, -0.15) is 0 Å². The van der Waals surface area contributed by atoms with Crippen LogP contribution in [0.4, 0.5) is 0 Å². The number of benzene rings is 1. The number of likely N-dealkylation sites (tertiary alicyclic amines) is 1. The molecule has 0 radical (unpaired) electrons. The minimum atomic E-state index is -1.18. The van der Waals surface area contributed by atoms with Crippen molar-refractivity contribution >= 4 is 43.1 Å². The van der Waals surface area contributed by atoms with Gasteiger partial charge in [-0.1, -0.05) is 42.8 Å². The van der Waals surface area contributed by atoms with Crippen LogP contribution in [-0.2, 0) is 14.3 Å². The molecule has 2 rings (SSSR count). The number of nitrogens with one attached hydrogen (secondary N) is 1. The summed E-state index contributed by atoms with van der Waals surface area (Å²) in [5, 5.41) is 9.36. The van der Waals surface area contributed by atoms with Gasteiger partial charge in [-0.25, -0.2) is 5.48 Å². The van der Waals surface area contributed by atoms with Crippen molar-refractivity contribution in [1.29, 1.82) is 0 Å². The summed E-state index contributed by atoms with van der Waals surface area (Å²) in [5.41, 5.74) is 2.24. The van der Waals surface area contributed by atoms with Gasteiger partial charge in [-0.3, -0.25) is 14.8 Å². The second kappa shape index (κ2) is 10.6. The van der Waals surface area contributed by atoms with E-state index in [1.54, 1.807) is 22.5 Å². The average Bonchev–Trinajstić information content (AvgIpc) is 3.01. The molecule has 1 saturated heterocycles. The monoisotopic (exact) mass is 462 g/mol. The summed E-state index contributed by atoms with van der Waals surface area (Å²) in [7, 11) is -1.18. The van der Waals surface area contributed by atoms with Gasteiger partial charge in [0.2, 0.25) is 11.8 Å². The molecule has 0 saturated carbocycles. The number of carbonyl (C=O) groups is 2. The molecule has 2 N–H and O–H groups in total. The second-order valence-corrected chi connectivity index (χ2v) is 14.7. The molecular formula is C19H28Cl2N2O5Si. The summed E-state index contributed by atoms with van der Waals surface area (Å²) < 4.78 is 11.4. The van der Waals surface area contributed by atoms with E-state index in [0.717, 1.165) is 6.04 Å². The molecule has 1 fully saturated rings. The molecule has 1 aromatic carbocycles. The summed E-state index contributed by atoms with van der Waals surface area (Å²) in [4.78, 5) is 25.2. The Morgan fingerprint density at radius 2 is 2.07 bits per heavy atom. The zero-order valence-electron chi connectivity index (χ0n) is 17.0. The smallest absolute Gasteiger partial charge is 0.245 e. The minimum absolute atomic E-state index is 0.0204. The molecule has 1 unspecified atom stereocenters. The maximum Gasteiger partial charge on any atom is 0.245 e. The number of rotatable bonds is 10. The SMILES string of the molecule is C[Si](C)(C)CCOCOc1ccc(Cl)c(Cl)c1C1CC(=O)N(CCC(=O)NO)C1. The van der Waals surface area contributed by atoms with E-state index in [0.29, 0.717) is 34.5 Å². The molecule has 29 heavy (non-hydrogen) atoms. The topological polar surface area (TPSA) is 88.1 Å². The van der Waals surface area contributed by atoms with Crippen LogP contribution in [0.15, 0.2) is 12.1 Å². The lowest BCUT2D eigenvalue weighted by atomic mass is 9.97. The molecule has 10 heteroatoms. The van der Waals surface area contributed by atoms with Gasteiger partial charge in [-0.15, -0.1) is 0 Å². The van der Waals surface area contributed by atoms with E-state index in [9.17, 15) is 9.59 Å². The number of carbonyl (C=O) groups excluding carboxylic acids is 2. The van der Waals surface area contributed by atoms with Gasteiger partial charge in [0.05, 0.1) is 10.0 Å². The van der Waals surface area contributed by atoms with Crippen LogP contribution in [0.5, 0.6) is 5.75 Å². The van der Waals surface area contributed by atoms with Crippen molar-refractivity contribution in [1.82, 2.24) is 10.4 Å². The molecule has 0 spiro atoms. The Bertz CT molecular complexity index is 742. The van der Waals surface area contributed by atoms with Gasteiger partial charge in [0.25, 0.3) is 0 Å². The molecule has 0 aromatic heterocycles. The maximum atomic E-state index is 12.4. The first kappa shape index (κ1) is 24.0. The summed E-state index contributed by atoms with van der Waals surface area (Å²) in [6.07, 6.45) is 0.264. The van der Waals surface area contributed by atoms with Crippen molar-refractivity contribution in [3.05, 3.63) is 27.7 Å². The molecule has 1 aliphatic heterocycles. The van der Waals surface area contributed by atoms with Crippen molar-refractivity contribution in [3.63, 3.8) is 0 Å². The number of ether oxygens (including phenoxy) is 2. The lowest BCUT2D eigenvalue weighted by Gasteiger charge is -2.20. The number of amides is 2. The Morgan fingerprint density at radius 3 is 2.72 bits per heavy atom. The van der Waals surface area contributed by atoms with Gasteiger partial charge in [0.15, 0.2) is 6.79 Å². The van der Waals surface area contributed by atoms with E-state index in [4.69, 9.17) is 37.9 Å². The highest BCUT2D eigenvalue weighted by Gasteiger charge is 2.34. The Morgan fingerprint density at radius 1 is 1.34 bits per heavy atom. The molecule has 1 aromatic rings. The normalized spacial score (nSPS) is 17.0.